The number of aromatic nitrogens is 2. The second-order valence-electron chi connectivity index (χ2n) is 2.82. The lowest BCUT2D eigenvalue weighted by Crippen LogP contribution is -1.90. The molecule has 0 bridgehead atoms. The minimum absolute atomic E-state index is 0.599. The van der Waals surface area contributed by atoms with Gasteiger partial charge in [0.25, 0.3) is 0 Å². The van der Waals surface area contributed by atoms with Gasteiger partial charge < -0.3 is 0 Å². The third-order valence-corrected chi connectivity index (χ3v) is 2.92. The third kappa shape index (κ3) is 2.56. The van der Waals surface area contributed by atoms with Gasteiger partial charge >= 0.3 is 0 Å². The molecule has 1 aromatic heterocycles. The highest BCUT2D eigenvalue weighted by Crippen LogP contribution is 2.26. The van der Waals surface area contributed by atoms with Crippen LogP contribution in [0.4, 0.5) is 0 Å². The highest BCUT2D eigenvalue weighted by atomic mass is 79.9. The van der Waals surface area contributed by atoms with Gasteiger partial charge in [0.1, 0.15) is 9.21 Å². The van der Waals surface area contributed by atoms with E-state index in [1.54, 1.807) is 6.07 Å². The molecule has 0 saturated heterocycles. The Morgan fingerprint density at radius 1 is 1.00 bits per heavy atom. The van der Waals surface area contributed by atoms with Crippen molar-refractivity contribution < 1.29 is 0 Å². The maximum atomic E-state index is 6.05. The van der Waals surface area contributed by atoms with Crippen molar-refractivity contribution in [2.75, 3.05) is 0 Å². The SMILES string of the molecule is Clc1ccccc1-c1nc(Br)cc(Br)n1. The van der Waals surface area contributed by atoms with Gasteiger partial charge in [-0.25, -0.2) is 9.97 Å². The van der Waals surface area contributed by atoms with Crippen molar-refractivity contribution in [2.45, 2.75) is 0 Å². The Bertz CT molecular complexity index is 482. The molecule has 0 fully saturated rings. The Balaban J connectivity index is 2.59. The normalized spacial score (nSPS) is 10.3. The van der Waals surface area contributed by atoms with E-state index in [2.05, 4.69) is 41.8 Å². The first-order chi connectivity index (χ1) is 7.16. The Morgan fingerprint density at radius 3 is 2.20 bits per heavy atom. The van der Waals surface area contributed by atoms with E-state index in [0.717, 1.165) is 14.8 Å². The number of benzene rings is 1. The van der Waals surface area contributed by atoms with Crippen LogP contribution in [-0.4, -0.2) is 9.97 Å². The Labute approximate surface area is 109 Å². The lowest BCUT2D eigenvalue weighted by atomic mass is 10.2. The monoisotopic (exact) mass is 346 g/mol. The van der Waals surface area contributed by atoms with Crippen molar-refractivity contribution >= 4 is 43.5 Å². The van der Waals surface area contributed by atoms with Crippen LogP contribution in [0.5, 0.6) is 0 Å². The average Bonchev–Trinajstić information content (AvgIpc) is 2.16. The van der Waals surface area contributed by atoms with Crippen molar-refractivity contribution in [3.8, 4) is 11.4 Å². The number of nitrogens with zero attached hydrogens (tertiary/aromatic N) is 2. The van der Waals surface area contributed by atoms with E-state index >= 15 is 0 Å². The maximum Gasteiger partial charge on any atom is 0.163 e. The predicted molar refractivity (Wildman–Crippen MR) is 67.9 cm³/mol. The molecule has 2 rings (SSSR count). The van der Waals surface area contributed by atoms with E-state index < -0.39 is 0 Å². The number of hydrogen-bond donors (Lipinski definition) is 0. The standard InChI is InChI=1S/C10H5Br2ClN2/c11-8-5-9(12)15-10(14-8)6-3-1-2-4-7(6)13/h1-5H. The summed E-state index contributed by atoms with van der Waals surface area (Å²) in [5.74, 6) is 0.599. The molecule has 0 aliphatic carbocycles. The zero-order valence-corrected chi connectivity index (χ0v) is 11.3. The van der Waals surface area contributed by atoms with Crippen molar-refractivity contribution in [2.24, 2.45) is 0 Å². The highest BCUT2D eigenvalue weighted by molar-refractivity contribution is 9.11. The summed E-state index contributed by atoms with van der Waals surface area (Å²) in [6.07, 6.45) is 0. The van der Waals surface area contributed by atoms with Gasteiger partial charge in [-0.15, -0.1) is 0 Å². The summed E-state index contributed by atoms with van der Waals surface area (Å²) in [5.41, 5.74) is 0.821. The van der Waals surface area contributed by atoms with Gasteiger partial charge in [-0.05, 0) is 44.0 Å². The highest BCUT2D eigenvalue weighted by Gasteiger charge is 2.07. The summed E-state index contributed by atoms with van der Waals surface area (Å²) < 4.78 is 1.44. The molecule has 5 heteroatoms. The summed E-state index contributed by atoms with van der Waals surface area (Å²) in [6, 6.07) is 9.25. The van der Waals surface area contributed by atoms with E-state index in [1.807, 2.05) is 24.3 Å². The first-order valence-electron chi connectivity index (χ1n) is 4.12. The van der Waals surface area contributed by atoms with Crippen LogP contribution < -0.4 is 0 Å². The van der Waals surface area contributed by atoms with Crippen molar-refractivity contribution in [3.63, 3.8) is 0 Å². The summed E-state index contributed by atoms with van der Waals surface area (Å²) >= 11 is 12.7. The van der Waals surface area contributed by atoms with Crippen LogP contribution in [0.1, 0.15) is 0 Å². The summed E-state index contributed by atoms with van der Waals surface area (Å²) in [7, 11) is 0. The molecule has 0 aliphatic rings. The molecular weight excluding hydrogens is 343 g/mol. The fraction of sp³-hybridized carbons (Fsp3) is 0. The quantitative estimate of drug-likeness (QED) is 0.717. The minimum Gasteiger partial charge on any atom is -0.221 e. The lowest BCUT2D eigenvalue weighted by Gasteiger charge is -2.03. The maximum absolute atomic E-state index is 6.05. The number of rotatable bonds is 1. The fourth-order valence-electron chi connectivity index (χ4n) is 1.15. The third-order valence-electron chi connectivity index (χ3n) is 1.78. The molecule has 0 aliphatic heterocycles. The molecular formula is C10H5Br2ClN2. The molecule has 0 unspecified atom stereocenters. The largest absolute Gasteiger partial charge is 0.221 e. The Kier molecular flexibility index (Phi) is 3.38. The molecule has 1 aromatic carbocycles. The molecule has 2 nitrogen and oxygen atoms in total. The van der Waals surface area contributed by atoms with Crippen LogP contribution in [0.25, 0.3) is 11.4 Å². The lowest BCUT2D eigenvalue weighted by molar-refractivity contribution is 1.12. The number of halogens is 3. The van der Waals surface area contributed by atoms with Gasteiger partial charge in [-0.1, -0.05) is 23.7 Å². The van der Waals surface area contributed by atoms with Gasteiger partial charge in [-0.3, -0.25) is 0 Å². The van der Waals surface area contributed by atoms with Gasteiger partial charge in [-0.2, -0.15) is 0 Å². The van der Waals surface area contributed by atoms with Crippen LogP contribution in [-0.2, 0) is 0 Å². The second-order valence-corrected chi connectivity index (χ2v) is 4.85. The molecule has 0 spiro atoms. The van der Waals surface area contributed by atoms with E-state index in [4.69, 9.17) is 11.6 Å². The molecule has 15 heavy (non-hydrogen) atoms. The Morgan fingerprint density at radius 2 is 1.60 bits per heavy atom. The molecule has 0 saturated carbocycles. The minimum atomic E-state index is 0.599. The molecule has 76 valence electrons. The summed E-state index contributed by atoms with van der Waals surface area (Å²) in [6.45, 7) is 0. The van der Waals surface area contributed by atoms with Crippen LogP contribution in [0.2, 0.25) is 5.02 Å². The van der Waals surface area contributed by atoms with E-state index in [0.29, 0.717) is 10.8 Å². The molecule has 0 N–H and O–H groups in total. The van der Waals surface area contributed by atoms with Gasteiger partial charge in [0.15, 0.2) is 5.82 Å². The second kappa shape index (κ2) is 4.60. The zero-order valence-electron chi connectivity index (χ0n) is 7.42. The van der Waals surface area contributed by atoms with Crippen LogP contribution >= 0.6 is 43.5 Å². The molecule has 0 radical (unpaired) electrons. The van der Waals surface area contributed by atoms with Gasteiger partial charge in [0.2, 0.25) is 0 Å². The summed E-state index contributed by atoms with van der Waals surface area (Å²) in [5, 5.41) is 0.641. The first-order valence-corrected chi connectivity index (χ1v) is 6.08. The van der Waals surface area contributed by atoms with Crippen molar-refractivity contribution in [3.05, 3.63) is 44.6 Å². The first kappa shape index (κ1) is 11.0. The van der Waals surface area contributed by atoms with Crippen molar-refractivity contribution in [1.82, 2.24) is 9.97 Å². The smallest absolute Gasteiger partial charge is 0.163 e. The number of hydrogen-bond acceptors (Lipinski definition) is 2. The van der Waals surface area contributed by atoms with Crippen LogP contribution in [0.15, 0.2) is 39.5 Å². The predicted octanol–water partition coefficient (Wildman–Crippen LogP) is 4.32. The topological polar surface area (TPSA) is 25.8 Å². The van der Waals surface area contributed by atoms with E-state index in [-0.39, 0.29) is 0 Å². The van der Waals surface area contributed by atoms with E-state index in [1.165, 1.54) is 0 Å². The molecule has 0 atom stereocenters. The van der Waals surface area contributed by atoms with Crippen LogP contribution in [0, 0.1) is 0 Å². The average molecular weight is 348 g/mol. The summed E-state index contributed by atoms with van der Waals surface area (Å²) in [4.78, 5) is 8.51. The van der Waals surface area contributed by atoms with Crippen LogP contribution in [0.3, 0.4) is 0 Å². The van der Waals surface area contributed by atoms with Gasteiger partial charge in [0.05, 0.1) is 5.02 Å². The fourth-order valence-corrected chi connectivity index (χ4v) is 2.45. The molecule has 2 aromatic rings. The van der Waals surface area contributed by atoms with Crippen molar-refractivity contribution in [1.29, 1.82) is 0 Å². The molecule has 0 amide bonds. The van der Waals surface area contributed by atoms with Gasteiger partial charge in [0, 0.05) is 11.6 Å². The van der Waals surface area contributed by atoms with E-state index in [9.17, 15) is 0 Å². The zero-order chi connectivity index (χ0) is 10.8. The molecule has 1 heterocycles. The Hall–Kier alpha value is -0.450.